The topological polar surface area (TPSA) is 38.8 Å². The molecular formula is C20H25NO3. The summed E-state index contributed by atoms with van der Waals surface area (Å²) in [6.45, 7) is 5.79. The lowest BCUT2D eigenvalue weighted by molar-refractivity contribution is 0.0765. The minimum Gasteiger partial charge on any atom is -0.493 e. The van der Waals surface area contributed by atoms with Crippen LogP contribution in [0.3, 0.4) is 0 Å². The molecule has 2 aromatic rings. The van der Waals surface area contributed by atoms with Gasteiger partial charge in [0.05, 0.1) is 13.7 Å². The van der Waals surface area contributed by atoms with Gasteiger partial charge >= 0.3 is 0 Å². The molecule has 0 saturated heterocycles. The van der Waals surface area contributed by atoms with Gasteiger partial charge in [0.25, 0.3) is 5.91 Å². The second-order valence-electron chi connectivity index (χ2n) is 5.42. The molecule has 0 heterocycles. The molecule has 128 valence electrons. The molecule has 0 aromatic heterocycles. The van der Waals surface area contributed by atoms with Crippen LogP contribution in [0.1, 0.15) is 29.8 Å². The number of ether oxygens (including phenoxy) is 2. The monoisotopic (exact) mass is 327 g/mol. The second kappa shape index (κ2) is 8.96. The number of likely N-dealkylation sites (N-methyl/N-ethyl adjacent to an activating group) is 1. The van der Waals surface area contributed by atoms with Crippen molar-refractivity contribution >= 4 is 5.91 Å². The van der Waals surface area contributed by atoms with Crippen LogP contribution in [0.4, 0.5) is 0 Å². The molecule has 0 aliphatic carbocycles. The average Bonchev–Trinajstić information content (AvgIpc) is 2.63. The Bertz CT molecular complexity index is 655. The standard InChI is InChI=1S/C20H25NO3/c1-4-21(14-13-16-9-7-6-8-10-16)20(22)17-11-12-18(23-3)19(15-17)24-5-2/h6-12,15H,4-5,13-14H2,1-3H3. The quantitative estimate of drug-likeness (QED) is 0.740. The van der Waals surface area contributed by atoms with Gasteiger partial charge < -0.3 is 14.4 Å². The Morgan fingerprint density at radius 1 is 1.04 bits per heavy atom. The summed E-state index contributed by atoms with van der Waals surface area (Å²) in [4.78, 5) is 14.6. The van der Waals surface area contributed by atoms with Gasteiger partial charge in [-0.2, -0.15) is 0 Å². The molecule has 0 saturated carbocycles. The summed E-state index contributed by atoms with van der Waals surface area (Å²) in [6.07, 6.45) is 0.842. The fraction of sp³-hybridized carbons (Fsp3) is 0.350. The van der Waals surface area contributed by atoms with E-state index in [2.05, 4.69) is 12.1 Å². The highest BCUT2D eigenvalue weighted by Gasteiger charge is 2.16. The predicted octanol–water partition coefficient (Wildman–Crippen LogP) is 3.80. The molecule has 4 heteroatoms. The van der Waals surface area contributed by atoms with Crippen LogP contribution in [0.5, 0.6) is 11.5 Å². The number of nitrogens with zero attached hydrogens (tertiary/aromatic N) is 1. The Morgan fingerprint density at radius 2 is 1.79 bits per heavy atom. The van der Waals surface area contributed by atoms with Gasteiger partial charge in [0, 0.05) is 18.7 Å². The van der Waals surface area contributed by atoms with Crippen molar-refractivity contribution in [2.24, 2.45) is 0 Å². The van der Waals surface area contributed by atoms with Crippen molar-refractivity contribution in [3.63, 3.8) is 0 Å². The number of amides is 1. The van der Waals surface area contributed by atoms with Gasteiger partial charge in [0.15, 0.2) is 11.5 Å². The van der Waals surface area contributed by atoms with Crippen LogP contribution in [0.2, 0.25) is 0 Å². The number of rotatable bonds is 8. The third-order valence-electron chi connectivity index (χ3n) is 3.89. The van der Waals surface area contributed by atoms with Gasteiger partial charge in [0.2, 0.25) is 0 Å². The van der Waals surface area contributed by atoms with Gasteiger partial charge in [-0.15, -0.1) is 0 Å². The first-order valence-corrected chi connectivity index (χ1v) is 8.33. The number of benzene rings is 2. The summed E-state index contributed by atoms with van der Waals surface area (Å²) in [5.41, 5.74) is 1.85. The van der Waals surface area contributed by atoms with Crippen molar-refractivity contribution in [2.45, 2.75) is 20.3 Å². The number of carbonyl (C=O) groups is 1. The fourth-order valence-electron chi connectivity index (χ4n) is 2.57. The molecule has 0 spiro atoms. The molecular weight excluding hydrogens is 302 g/mol. The third-order valence-corrected chi connectivity index (χ3v) is 3.89. The highest BCUT2D eigenvalue weighted by Crippen LogP contribution is 2.28. The summed E-state index contributed by atoms with van der Waals surface area (Å²) in [5, 5.41) is 0. The number of carbonyl (C=O) groups excluding carboxylic acids is 1. The average molecular weight is 327 g/mol. The molecule has 0 radical (unpaired) electrons. The van der Waals surface area contributed by atoms with Crippen molar-refractivity contribution in [1.82, 2.24) is 4.90 Å². The second-order valence-corrected chi connectivity index (χ2v) is 5.42. The Morgan fingerprint density at radius 3 is 2.42 bits per heavy atom. The van der Waals surface area contributed by atoms with E-state index in [0.29, 0.717) is 36.8 Å². The zero-order valence-corrected chi connectivity index (χ0v) is 14.6. The minimum absolute atomic E-state index is 0.0111. The summed E-state index contributed by atoms with van der Waals surface area (Å²) >= 11 is 0. The molecule has 0 aliphatic heterocycles. The highest BCUT2D eigenvalue weighted by atomic mass is 16.5. The van der Waals surface area contributed by atoms with Gasteiger partial charge in [-0.25, -0.2) is 0 Å². The SMILES string of the molecule is CCOc1cc(C(=O)N(CC)CCc2ccccc2)ccc1OC. The van der Waals surface area contributed by atoms with Crippen LogP contribution in [0.15, 0.2) is 48.5 Å². The summed E-state index contributed by atoms with van der Waals surface area (Å²) in [5.74, 6) is 1.25. The van der Waals surface area contributed by atoms with Gasteiger partial charge in [-0.05, 0) is 44.0 Å². The Kier molecular flexibility index (Phi) is 6.67. The Hall–Kier alpha value is -2.49. The normalized spacial score (nSPS) is 10.3. The van der Waals surface area contributed by atoms with Crippen molar-refractivity contribution in [1.29, 1.82) is 0 Å². The molecule has 24 heavy (non-hydrogen) atoms. The maximum Gasteiger partial charge on any atom is 0.253 e. The molecule has 0 unspecified atom stereocenters. The molecule has 2 rings (SSSR count). The molecule has 1 amide bonds. The van der Waals surface area contributed by atoms with Crippen molar-refractivity contribution < 1.29 is 14.3 Å². The van der Waals surface area contributed by atoms with E-state index in [9.17, 15) is 4.79 Å². The van der Waals surface area contributed by atoms with Crippen molar-refractivity contribution in [2.75, 3.05) is 26.8 Å². The first-order chi connectivity index (χ1) is 11.7. The van der Waals surface area contributed by atoms with Crippen molar-refractivity contribution in [3.8, 4) is 11.5 Å². The van der Waals surface area contributed by atoms with Crippen LogP contribution in [-0.2, 0) is 6.42 Å². The fourth-order valence-corrected chi connectivity index (χ4v) is 2.57. The van der Waals surface area contributed by atoms with Crippen LogP contribution < -0.4 is 9.47 Å². The maximum atomic E-state index is 12.8. The molecule has 0 aliphatic rings. The zero-order valence-electron chi connectivity index (χ0n) is 14.6. The largest absolute Gasteiger partial charge is 0.493 e. The molecule has 0 fully saturated rings. The van der Waals surface area contributed by atoms with Crippen LogP contribution in [-0.4, -0.2) is 37.6 Å². The summed E-state index contributed by atoms with van der Waals surface area (Å²) in [7, 11) is 1.59. The molecule has 0 bridgehead atoms. The number of hydrogen-bond acceptors (Lipinski definition) is 3. The van der Waals surface area contributed by atoms with E-state index in [4.69, 9.17) is 9.47 Å². The smallest absolute Gasteiger partial charge is 0.253 e. The molecule has 4 nitrogen and oxygen atoms in total. The van der Waals surface area contributed by atoms with E-state index in [0.717, 1.165) is 6.42 Å². The first-order valence-electron chi connectivity index (χ1n) is 8.33. The molecule has 0 atom stereocenters. The van der Waals surface area contributed by atoms with Crippen LogP contribution in [0.25, 0.3) is 0 Å². The lowest BCUT2D eigenvalue weighted by Crippen LogP contribution is -2.32. The predicted molar refractivity (Wildman–Crippen MR) is 95.9 cm³/mol. The Balaban J connectivity index is 2.11. The number of hydrogen-bond donors (Lipinski definition) is 0. The van der Waals surface area contributed by atoms with Crippen LogP contribution in [0, 0.1) is 0 Å². The van der Waals surface area contributed by atoms with Gasteiger partial charge in [-0.1, -0.05) is 30.3 Å². The third kappa shape index (κ3) is 4.51. The zero-order chi connectivity index (χ0) is 17.4. The molecule has 0 N–H and O–H groups in total. The van der Waals surface area contributed by atoms with Gasteiger partial charge in [0.1, 0.15) is 0 Å². The number of methoxy groups -OCH3 is 1. The van der Waals surface area contributed by atoms with Crippen molar-refractivity contribution in [3.05, 3.63) is 59.7 Å². The molecule has 2 aromatic carbocycles. The minimum atomic E-state index is 0.0111. The van der Waals surface area contributed by atoms with E-state index in [-0.39, 0.29) is 5.91 Å². The van der Waals surface area contributed by atoms with Gasteiger partial charge in [-0.3, -0.25) is 4.79 Å². The Labute approximate surface area is 144 Å². The van der Waals surface area contributed by atoms with E-state index in [1.807, 2.05) is 36.9 Å². The van der Waals surface area contributed by atoms with E-state index >= 15 is 0 Å². The summed E-state index contributed by atoms with van der Waals surface area (Å²) in [6, 6.07) is 15.5. The van der Waals surface area contributed by atoms with E-state index in [1.165, 1.54) is 5.56 Å². The summed E-state index contributed by atoms with van der Waals surface area (Å²) < 4.78 is 10.8. The van der Waals surface area contributed by atoms with Crippen LogP contribution >= 0.6 is 0 Å². The first kappa shape index (κ1) is 17.9. The lowest BCUT2D eigenvalue weighted by atomic mass is 10.1. The lowest BCUT2D eigenvalue weighted by Gasteiger charge is -2.21. The maximum absolute atomic E-state index is 12.8. The van der Waals surface area contributed by atoms with E-state index < -0.39 is 0 Å². The van der Waals surface area contributed by atoms with E-state index in [1.54, 1.807) is 25.3 Å². The highest BCUT2D eigenvalue weighted by molar-refractivity contribution is 5.95.